The van der Waals surface area contributed by atoms with Crippen LogP contribution >= 0.6 is 0 Å². The number of hydrogen-bond donors (Lipinski definition) is 0. The molecule has 4 fully saturated rings. The fraction of sp³-hybridized carbons (Fsp3) is 0.216. The molecule has 0 N–H and O–H groups in total. The van der Waals surface area contributed by atoms with Crippen molar-refractivity contribution in [3.63, 3.8) is 0 Å². The summed E-state index contributed by atoms with van der Waals surface area (Å²) in [6.07, 6.45) is 8.43. The summed E-state index contributed by atoms with van der Waals surface area (Å²) in [6, 6.07) is 56.4. The van der Waals surface area contributed by atoms with Gasteiger partial charge in [-0.3, -0.25) is 0 Å². The molecule has 0 amide bonds. The first kappa shape index (κ1) is 32.3. The molecule has 7 aromatic rings. The van der Waals surface area contributed by atoms with Crippen molar-refractivity contribution in [1.29, 1.82) is 5.26 Å². The number of aromatic nitrogens is 3. The summed E-state index contributed by atoms with van der Waals surface area (Å²) in [4.78, 5) is 15.4. The first-order chi connectivity index (χ1) is 27.1. The summed E-state index contributed by atoms with van der Waals surface area (Å²) >= 11 is 0. The maximum Gasteiger partial charge on any atom is 0.164 e. The van der Waals surface area contributed by atoms with E-state index < -0.39 is 5.41 Å². The van der Waals surface area contributed by atoms with E-state index >= 15 is 0 Å². The maximum atomic E-state index is 9.74. The predicted octanol–water partition coefficient (Wildman–Crippen LogP) is 11.6. The molecule has 1 atom stereocenters. The first-order valence-corrected chi connectivity index (χ1v) is 19.8. The summed E-state index contributed by atoms with van der Waals surface area (Å²) in [6.45, 7) is 0. The quantitative estimate of drug-likeness (QED) is 0.172. The zero-order chi connectivity index (χ0) is 36.6. The minimum atomic E-state index is -0.539. The Morgan fingerprint density at radius 3 is 1.71 bits per heavy atom. The van der Waals surface area contributed by atoms with E-state index in [0.717, 1.165) is 40.0 Å². The number of nitriles is 1. The van der Waals surface area contributed by atoms with Crippen LogP contribution in [0.5, 0.6) is 0 Å². The number of rotatable bonds is 6. The summed E-state index contributed by atoms with van der Waals surface area (Å²) in [5.74, 6) is 4.46. The Bertz CT molecular complexity index is 2600. The van der Waals surface area contributed by atoms with E-state index in [9.17, 15) is 5.26 Å². The average Bonchev–Trinajstić information content (AvgIpc) is 3.55. The van der Waals surface area contributed by atoms with Crippen LogP contribution in [0.3, 0.4) is 0 Å². The summed E-state index contributed by atoms with van der Waals surface area (Å²) in [5, 5.41) is 9.74. The molecule has 4 heteroatoms. The van der Waals surface area contributed by atoms with E-state index in [2.05, 4.69) is 103 Å². The van der Waals surface area contributed by atoms with Crippen molar-refractivity contribution in [2.45, 2.75) is 49.4 Å². The standard InChI is InChI=1S/C51H40N4/c52-32-33-11-9-14-38(28-33)48-53-47(37-12-3-1-4-13-37)54-49(55-48)43-18-10-20-45-46(43)42-17-7-8-19-44(42)51(45,40-15-5-2-6-16-40)41-23-21-39(22-24-41)50-29-34-25-35(30-50)27-36(26-34)31-50/h1-24,28,34-36H,25-27,29-31H2/t34-,35+,36?,50?,51?. The SMILES string of the molecule is N#Cc1cccc(-c2nc(-c3ccccc3)nc(-c3cccc4c3-c3ccccc3C4(c3ccccc3)c3ccc(C45CC6C[C@H](C4)C[C@@H](C6)C5)cc3)n2)c1. The smallest absolute Gasteiger partial charge is 0.164 e. The van der Waals surface area contributed by atoms with Crippen LogP contribution in [0.15, 0.2) is 152 Å². The number of benzene rings is 6. The van der Waals surface area contributed by atoms with Crippen LogP contribution in [0.25, 0.3) is 45.3 Å². The van der Waals surface area contributed by atoms with Gasteiger partial charge in [0.1, 0.15) is 0 Å². The Labute approximate surface area is 322 Å². The molecule has 0 aliphatic heterocycles. The third-order valence-corrected chi connectivity index (χ3v) is 13.4. The molecule has 4 saturated carbocycles. The van der Waals surface area contributed by atoms with Gasteiger partial charge in [-0.2, -0.15) is 5.26 Å². The van der Waals surface area contributed by atoms with Gasteiger partial charge in [0, 0.05) is 16.7 Å². The Morgan fingerprint density at radius 2 is 1.00 bits per heavy atom. The van der Waals surface area contributed by atoms with Gasteiger partial charge in [0.05, 0.1) is 17.0 Å². The molecule has 0 saturated heterocycles. The molecule has 264 valence electrons. The lowest BCUT2D eigenvalue weighted by Crippen LogP contribution is -2.48. The van der Waals surface area contributed by atoms with E-state index in [1.54, 1.807) is 5.56 Å². The average molecular weight is 709 g/mol. The van der Waals surface area contributed by atoms with Crippen LogP contribution < -0.4 is 0 Å². The molecule has 6 aromatic carbocycles. The second-order valence-corrected chi connectivity index (χ2v) is 16.5. The number of nitrogens with zero attached hydrogens (tertiary/aromatic N) is 4. The second kappa shape index (κ2) is 12.4. The highest BCUT2D eigenvalue weighted by Crippen LogP contribution is 2.62. The minimum absolute atomic E-state index is 0.339. The predicted molar refractivity (Wildman–Crippen MR) is 218 cm³/mol. The van der Waals surface area contributed by atoms with Crippen LogP contribution in [0.2, 0.25) is 0 Å². The molecule has 1 unspecified atom stereocenters. The highest BCUT2D eigenvalue weighted by molar-refractivity contribution is 5.94. The highest BCUT2D eigenvalue weighted by Gasteiger charge is 2.52. The molecule has 5 aliphatic carbocycles. The van der Waals surface area contributed by atoms with Crippen LogP contribution in [0.1, 0.15) is 71.9 Å². The monoisotopic (exact) mass is 708 g/mol. The van der Waals surface area contributed by atoms with Gasteiger partial charge in [-0.25, -0.2) is 15.0 Å². The lowest BCUT2D eigenvalue weighted by Gasteiger charge is -2.57. The van der Waals surface area contributed by atoms with Crippen molar-refractivity contribution in [3.05, 3.63) is 185 Å². The van der Waals surface area contributed by atoms with Crippen molar-refractivity contribution < 1.29 is 0 Å². The van der Waals surface area contributed by atoms with Gasteiger partial charge in [-0.15, -0.1) is 0 Å². The van der Waals surface area contributed by atoms with Crippen molar-refractivity contribution in [1.82, 2.24) is 15.0 Å². The van der Waals surface area contributed by atoms with E-state index in [4.69, 9.17) is 15.0 Å². The molecular formula is C51H40N4. The van der Waals surface area contributed by atoms with Crippen molar-refractivity contribution in [3.8, 4) is 51.4 Å². The van der Waals surface area contributed by atoms with Crippen LogP contribution in [0, 0.1) is 29.1 Å². The third-order valence-electron chi connectivity index (χ3n) is 13.4. The zero-order valence-corrected chi connectivity index (χ0v) is 30.7. The molecule has 4 nitrogen and oxygen atoms in total. The van der Waals surface area contributed by atoms with E-state index in [1.807, 2.05) is 54.6 Å². The normalized spacial score (nSPS) is 24.2. The third kappa shape index (κ3) is 4.99. The lowest BCUT2D eigenvalue weighted by atomic mass is 9.48. The van der Waals surface area contributed by atoms with Gasteiger partial charge in [0.15, 0.2) is 17.5 Å². The van der Waals surface area contributed by atoms with Gasteiger partial charge in [0.2, 0.25) is 0 Å². The van der Waals surface area contributed by atoms with Crippen molar-refractivity contribution in [2.24, 2.45) is 17.8 Å². The van der Waals surface area contributed by atoms with Crippen molar-refractivity contribution in [2.75, 3.05) is 0 Å². The van der Waals surface area contributed by atoms with Gasteiger partial charge in [0.25, 0.3) is 0 Å². The summed E-state index contributed by atoms with van der Waals surface area (Å²) in [7, 11) is 0. The zero-order valence-electron chi connectivity index (χ0n) is 30.7. The molecule has 5 aliphatic rings. The Balaban J connectivity index is 1.13. The topological polar surface area (TPSA) is 62.5 Å². The van der Waals surface area contributed by atoms with E-state index in [1.165, 1.54) is 66.3 Å². The fourth-order valence-electron chi connectivity index (χ4n) is 11.6. The maximum absolute atomic E-state index is 9.74. The molecular weight excluding hydrogens is 669 g/mol. The molecule has 55 heavy (non-hydrogen) atoms. The molecule has 0 radical (unpaired) electrons. The minimum Gasteiger partial charge on any atom is -0.208 e. The van der Waals surface area contributed by atoms with Crippen LogP contribution in [-0.4, -0.2) is 15.0 Å². The highest BCUT2D eigenvalue weighted by atomic mass is 15.0. The molecule has 12 rings (SSSR count). The number of fused-ring (bicyclic) bond motifs is 3. The van der Waals surface area contributed by atoms with Gasteiger partial charge in [-0.05, 0) is 113 Å². The Kier molecular flexibility index (Phi) is 7.29. The first-order valence-electron chi connectivity index (χ1n) is 19.8. The van der Waals surface area contributed by atoms with E-state index in [0.29, 0.717) is 28.5 Å². The molecule has 1 heterocycles. The summed E-state index contributed by atoms with van der Waals surface area (Å²) in [5.41, 5.74) is 11.9. The fourth-order valence-corrected chi connectivity index (χ4v) is 11.6. The molecule has 1 aromatic heterocycles. The molecule has 4 bridgehead atoms. The largest absolute Gasteiger partial charge is 0.208 e. The number of hydrogen-bond acceptors (Lipinski definition) is 4. The van der Waals surface area contributed by atoms with Crippen molar-refractivity contribution >= 4 is 0 Å². The van der Waals surface area contributed by atoms with Crippen LogP contribution in [0.4, 0.5) is 0 Å². The second-order valence-electron chi connectivity index (χ2n) is 16.5. The lowest BCUT2D eigenvalue weighted by molar-refractivity contribution is -0.00519. The Hall–Kier alpha value is -6.18. The molecule has 0 spiro atoms. The van der Waals surface area contributed by atoms with Gasteiger partial charge in [-0.1, -0.05) is 140 Å². The Morgan fingerprint density at radius 1 is 0.473 bits per heavy atom. The van der Waals surface area contributed by atoms with Gasteiger partial charge >= 0.3 is 0 Å². The van der Waals surface area contributed by atoms with E-state index in [-0.39, 0.29) is 0 Å². The van der Waals surface area contributed by atoms with Gasteiger partial charge < -0.3 is 0 Å². The summed E-state index contributed by atoms with van der Waals surface area (Å²) < 4.78 is 0. The van der Waals surface area contributed by atoms with Crippen LogP contribution in [-0.2, 0) is 10.8 Å².